The number of Topliss-reactive ketones (excluding diaryl/α,β-unsaturated/α-hetero) is 1. The second kappa shape index (κ2) is 10.2. The maximum absolute atomic E-state index is 14.3. The highest BCUT2D eigenvalue weighted by Gasteiger charge is 2.26. The Morgan fingerprint density at radius 3 is 2.57 bits per heavy atom. The molecule has 0 aromatic heterocycles. The third-order valence-electron chi connectivity index (χ3n) is 3.70. The van der Waals surface area contributed by atoms with E-state index in [2.05, 4.69) is 26.6 Å². The van der Waals surface area contributed by atoms with Gasteiger partial charge in [-0.2, -0.15) is 0 Å². The van der Waals surface area contributed by atoms with Crippen LogP contribution >= 0.6 is 15.9 Å². The summed E-state index contributed by atoms with van der Waals surface area (Å²) < 4.78 is 39.0. The SMILES string of the molecule is CCN/C(Br)=C(\C=N)C(=O)/C(Nc1ccc(F)cc1C1OCCO1)=C(\F)C=N. The average Bonchev–Trinajstić information content (AvgIpc) is 3.21. The first-order chi connectivity index (χ1) is 13.4. The number of rotatable bonds is 9. The minimum absolute atomic E-state index is 0.154. The van der Waals surface area contributed by atoms with E-state index in [4.69, 9.17) is 20.3 Å². The number of carbonyl (C=O) groups is 1. The molecular formula is C18H19BrF2N4O3. The Kier molecular flexibility index (Phi) is 7.97. The molecule has 0 saturated carbocycles. The van der Waals surface area contributed by atoms with Gasteiger partial charge in [-0.25, -0.2) is 8.78 Å². The molecule has 150 valence electrons. The summed E-state index contributed by atoms with van der Waals surface area (Å²) in [6.07, 6.45) is 0.265. The molecule has 0 amide bonds. The van der Waals surface area contributed by atoms with Crippen LogP contribution in [0.15, 0.2) is 39.9 Å². The summed E-state index contributed by atoms with van der Waals surface area (Å²) in [5.41, 5.74) is -0.308. The number of ketones is 1. The number of nitrogens with one attached hydrogen (secondary N) is 4. The van der Waals surface area contributed by atoms with Gasteiger partial charge in [0.2, 0.25) is 5.78 Å². The second-order valence-corrected chi connectivity index (χ2v) is 6.32. The van der Waals surface area contributed by atoms with Gasteiger partial charge in [-0.1, -0.05) is 0 Å². The van der Waals surface area contributed by atoms with Crippen molar-refractivity contribution in [2.75, 3.05) is 25.1 Å². The van der Waals surface area contributed by atoms with E-state index < -0.39 is 29.4 Å². The Morgan fingerprint density at radius 2 is 2.00 bits per heavy atom. The van der Waals surface area contributed by atoms with Crippen LogP contribution in [0.3, 0.4) is 0 Å². The van der Waals surface area contributed by atoms with Gasteiger partial charge in [-0.15, -0.1) is 0 Å². The zero-order chi connectivity index (χ0) is 20.7. The van der Waals surface area contributed by atoms with Crippen LogP contribution in [-0.2, 0) is 14.3 Å². The first kappa shape index (κ1) is 21.9. The third kappa shape index (κ3) is 5.09. The van der Waals surface area contributed by atoms with Crippen LogP contribution in [0.2, 0.25) is 0 Å². The van der Waals surface area contributed by atoms with Crippen LogP contribution in [-0.4, -0.2) is 38.0 Å². The van der Waals surface area contributed by atoms with Gasteiger partial charge in [0, 0.05) is 24.0 Å². The Hall–Kier alpha value is -2.43. The van der Waals surface area contributed by atoms with E-state index in [9.17, 15) is 13.6 Å². The molecular weight excluding hydrogens is 438 g/mol. The van der Waals surface area contributed by atoms with Crippen molar-refractivity contribution in [2.45, 2.75) is 13.2 Å². The molecule has 4 N–H and O–H groups in total. The summed E-state index contributed by atoms with van der Waals surface area (Å²) in [6.45, 7) is 2.87. The molecule has 0 spiro atoms. The lowest BCUT2D eigenvalue weighted by Gasteiger charge is -2.18. The molecule has 1 aromatic rings. The van der Waals surface area contributed by atoms with Crippen molar-refractivity contribution in [3.8, 4) is 0 Å². The lowest BCUT2D eigenvalue weighted by molar-refractivity contribution is -0.111. The number of halogens is 3. The van der Waals surface area contributed by atoms with E-state index in [1.54, 1.807) is 6.92 Å². The normalized spacial score (nSPS) is 16.1. The molecule has 0 aliphatic carbocycles. The van der Waals surface area contributed by atoms with E-state index in [0.29, 0.717) is 26.0 Å². The van der Waals surface area contributed by atoms with Gasteiger partial charge >= 0.3 is 0 Å². The number of allylic oxidation sites excluding steroid dienone is 2. The molecule has 10 heteroatoms. The predicted octanol–water partition coefficient (Wildman–Crippen LogP) is 3.55. The number of hydrogen-bond donors (Lipinski definition) is 4. The molecule has 1 aliphatic rings. The maximum Gasteiger partial charge on any atom is 0.216 e. The molecule has 0 unspecified atom stereocenters. The molecule has 7 nitrogen and oxygen atoms in total. The van der Waals surface area contributed by atoms with Crippen LogP contribution in [0.5, 0.6) is 0 Å². The predicted molar refractivity (Wildman–Crippen MR) is 105 cm³/mol. The summed E-state index contributed by atoms with van der Waals surface area (Å²) in [4.78, 5) is 12.8. The first-order valence-electron chi connectivity index (χ1n) is 8.31. The summed E-state index contributed by atoms with van der Waals surface area (Å²) >= 11 is 3.14. The lowest BCUT2D eigenvalue weighted by atomic mass is 10.1. The highest BCUT2D eigenvalue weighted by atomic mass is 79.9. The maximum atomic E-state index is 14.3. The van der Waals surface area contributed by atoms with Crippen LogP contribution in [0, 0.1) is 16.6 Å². The van der Waals surface area contributed by atoms with Gasteiger partial charge < -0.3 is 30.9 Å². The molecule has 0 bridgehead atoms. The van der Waals surface area contributed by atoms with Gasteiger partial charge in [0.15, 0.2) is 12.1 Å². The minimum Gasteiger partial charge on any atom is -0.379 e. The van der Waals surface area contributed by atoms with E-state index in [1.807, 2.05) is 0 Å². The quantitative estimate of drug-likeness (QED) is 0.258. The number of carbonyl (C=O) groups excluding carboxylic acids is 1. The van der Waals surface area contributed by atoms with Crippen LogP contribution in [0.4, 0.5) is 14.5 Å². The van der Waals surface area contributed by atoms with E-state index >= 15 is 0 Å². The zero-order valence-electron chi connectivity index (χ0n) is 14.9. The number of benzene rings is 1. The van der Waals surface area contributed by atoms with E-state index in [0.717, 1.165) is 18.3 Å². The third-order valence-corrected chi connectivity index (χ3v) is 4.41. The van der Waals surface area contributed by atoms with Crippen molar-refractivity contribution in [3.05, 3.63) is 51.3 Å². The summed E-state index contributed by atoms with van der Waals surface area (Å²) in [7, 11) is 0. The minimum atomic E-state index is -1.15. The van der Waals surface area contributed by atoms with E-state index in [-0.39, 0.29) is 21.4 Å². The largest absolute Gasteiger partial charge is 0.379 e. The van der Waals surface area contributed by atoms with Crippen LogP contribution in [0.25, 0.3) is 0 Å². The molecule has 0 radical (unpaired) electrons. The number of anilines is 1. The monoisotopic (exact) mass is 456 g/mol. The van der Waals surface area contributed by atoms with Crippen molar-refractivity contribution in [3.63, 3.8) is 0 Å². The van der Waals surface area contributed by atoms with Crippen LogP contribution in [0.1, 0.15) is 18.8 Å². The molecule has 0 atom stereocenters. The average molecular weight is 457 g/mol. The van der Waals surface area contributed by atoms with Crippen molar-refractivity contribution >= 4 is 39.8 Å². The topological polar surface area (TPSA) is 107 Å². The van der Waals surface area contributed by atoms with Gasteiger partial charge in [0.1, 0.15) is 11.5 Å². The van der Waals surface area contributed by atoms with Gasteiger partial charge in [-0.05, 0) is 41.1 Å². The Bertz CT molecular complexity index is 836. The molecule has 1 heterocycles. The Labute approximate surface area is 168 Å². The van der Waals surface area contributed by atoms with Crippen molar-refractivity contribution in [1.29, 1.82) is 10.8 Å². The summed E-state index contributed by atoms with van der Waals surface area (Å²) in [5.74, 6) is -2.57. The molecule has 2 rings (SSSR count). The molecule has 1 saturated heterocycles. The van der Waals surface area contributed by atoms with Gasteiger partial charge in [0.05, 0.1) is 29.6 Å². The highest BCUT2D eigenvalue weighted by molar-refractivity contribution is 9.11. The Balaban J connectivity index is 2.47. The Morgan fingerprint density at radius 1 is 1.32 bits per heavy atom. The van der Waals surface area contributed by atoms with E-state index in [1.165, 1.54) is 6.07 Å². The fraction of sp³-hybridized carbons (Fsp3) is 0.278. The molecule has 1 fully saturated rings. The molecule has 1 aromatic carbocycles. The standard InChI is InChI=1S/C18H19BrF2N4O3/c1-2-24-17(19)12(8-22)16(26)15(13(21)9-23)25-14-4-3-10(20)7-11(14)18-27-5-6-28-18/h3-4,7-9,18,22-25H,2,5-6H2,1H3/b15-13+,17-12+,22-8?,23-9?. The van der Waals surface area contributed by atoms with Gasteiger partial charge in [0.25, 0.3) is 0 Å². The molecule has 28 heavy (non-hydrogen) atoms. The van der Waals surface area contributed by atoms with Gasteiger partial charge in [-0.3, -0.25) is 4.79 Å². The fourth-order valence-corrected chi connectivity index (χ4v) is 3.00. The number of ether oxygens (including phenoxy) is 2. The second-order valence-electron chi connectivity index (χ2n) is 5.53. The van der Waals surface area contributed by atoms with Crippen molar-refractivity contribution in [1.82, 2.24) is 5.32 Å². The fourth-order valence-electron chi connectivity index (χ4n) is 2.43. The number of hydrogen-bond acceptors (Lipinski definition) is 7. The summed E-state index contributed by atoms with van der Waals surface area (Å²) in [5, 5.41) is 20.1. The molecule has 1 aliphatic heterocycles. The smallest absolute Gasteiger partial charge is 0.216 e. The highest BCUT2D eigenvalue weighted by Crippen LogP contribution is 2.32. The first-order valence-corrected chi connectivity index (χ1v) is 9.10. The summed E-state index contributed by atoms with van der Waals surface area (Å²) in [6, 6.07) is 3.60. The van der Waals surface area contributed by atoms with Crippen molar-refractivity contribution in [2.24, 2.45) is 0 Å². The zero-order valence-corrected chi connectivity index (χ0v) is 16.5. The lowest BCUT2D eigenvalue weighted by Crippen LogP contribution is -2.21. The van der Waals surface area contributed by atoms with Crippen LogP contribution < -0.4 is 10.6 Å². The van der Waals surface area contributed by atoms with Crippen molar-refractivity contribution < 1.29 is 23.0 Å².